The fraction of sp³-hybridized carbons (Fsp3) is 0.200. The molecule has 0 aliphatic carbocycles. The Morgan fingerprint density at radius 2 is 1.65 bits per heavy atom. The number of carbonyl (C=O) groups is 1. The van der Waals surface area contributed by atoms with Gasteiger partial charge in [-0.15, -0.1) is 0 Å². The zero-order valence-corrected chi connectivity index (χ0v) is 23.4. The Balaban J connectivity index is 1.62. The molecule has 0 spiro atoms. The van der Waals surface area contributed by atoms with Gasteiger partial charge in [-0.3, -0.25) is 9.78 Å². The monoisotopic (exact) mass is 560 g/mol. The van der Waals surface area contributed by atoms with Crippen LogP contribution in [0.3, 0.4) is 0 Å². The summed E-state index contributed by atoms with van der Waals surface area (Å²) in [5, 5.41) is 20.0. The fourth-order valence-electron chi connectivity index (χ4n) is 4.18. The minimum absolute atomic E-state index is 0.0614. The lowest BCUT2D eigenvalue weighted by molar-refractivity contribution is 0.0982. The molecular formula is C30H32N4O5S. The first-order valence-electron chi connectivity index (χ1n) is 12.6. The van der Waals surface area contributed by atoms with E-state index in [1.54, 1.807) is 30.0 Å². The van der Waals surface area contributed by atoms with E-state index in [1.807, 2.05) is 61.5 Å². The minimum Gasteiger partial charge on any atom is -0.508 e. The molecule has 0 unspecified atom stereocenters. The van der Waals surface area contributed by atoms with E-state index < -0.39 is 15.9 Å². The number of hydrogen-bond acceptors (Lipinski definition) is 7. The zero-order chi connectivity index (χ0) is 28.9. The number of phenolic OH excluding ortho intramolecular Hbond substituents is 2. The highest BCUT2D eigenvalue weighted by atomic mass is 32.2. The van der Waals surface area contributed by atoms with E-state index in [0.29, 0.717) is 23.5 Å². The highest BCUT2D eigenvalue weighted by Gasteiger charge is 2.22. The lowest BCUT2D eigenvalue weighted by Gasteiger charge is -2.24. The number of hydrogen-bond donors (Lipinski definition) is 3. The molecule has 3 N–H and O–H groups in total. The van der Waals surface area contributed by atoms with Gasteiger partial charge in [0.25, 0.3) is 5.91 Å². The lowest BCUT2D eigenvalue weighted by Crippen LogP contribution is -2.31. The summed E-state index contributed by atoms with van der Waals surface area (Å²) in [7, 11) is 0.0516. The van der Waals surface area contributed by atoms with E-state index >= 15 is 0 Å². The SMILES string of the molecule is Cc1cc(S(=O)(=O)NCCN(C)C)cnc1-c1ccc(N(Cc2ccccc2)C(=O)c2ccc(O)cc2O)cc1. The van der Waals surface area contributed by atoms with Crippen molar-refractivity contribution in [1.82, 2.24) is 14.6 Å². The van der Waals surface area contributed by atoms with Crippen LogP contribution in [-0.2, 0) is 16.6 Å². The van der Waals surface area contributed by atoms with E-state index in [2.05, 4.69) is 9.71 Å². The van der Waals surface area contributed by atoms with E-state index in [4.69, 9.17) is 0 Å². The predicted octanol–water partition coefficient (Wildman–Crippen LogP) is 4.16. The van der Waals surface area contributed by atoms with Crippen molar-refractivity contribution in [2.24, 2.45) is 0 Å². The second-order valence-electron chi connectivity index (χ2n) is 9.66. The summed E-state index contributed by atoms with van der Waals surface area (Å²) in [5.74, 6) is -0.885. The summed E-state index contributed by atoms with van der Waals surface area (Å²) in [6.07, 6.45) is 1.34. The summed E-state index contributed by atoms with van der Waals surface area (Å²) in [4.78, 5) is 21.5. The van der Waals surface area contributed by atoms with Gasteiger partial charge in [0.15, 0.2) is 0 Å². The van der Waals surface area contributed by atoms with Crippen LogP contribution in [0.5, 0.6) is 11.5 Å². The average Bonchev–Trinajstić information content (AvgIpc) is 2.92. The Labute approximate surface area is 234 Å². The third kappa shape index (κ3) is 6.84. The molecule has 208 valence electrons. The summed E-state index contributed by atoms with van der Waals surface area (Å²) in [5.41, 5.74) is 3.61. The van der Waals surface area contributed by atoms with Crippen LogP contribution in [0.25, 0.3) is 11.3 Å². The Kier molecular flexibility index (Phi) is 8.83. The molecule has 1 heterocycles. The smallest absolute Gasteiger partial charge is 0.262 e. The number of amides is 1. The number of rotatable bonds is 10. The van der Waals surface area contributed by atoms with Crippen LogP contribution in [0.15, 0.2) is 90.0 Å². The predicted molar refractivity (Wildman–Crippen MR) is 155 cm³/mol. The van der Waals surface area contributed by atoms with Gasteiger partial charge < -0.3 is 20.0 Å². The molecule has 4 aromatic rings. The summed E-state index contributed by atoms with van der Waals surface area (Å²) >= 11 is 0. The molecule has 0 aliphatic rings. The average molecular weight is 561 g/mol. The summed E-state index contributed by atoms with van der Waals surface area (Å²) in [6, 6.07) is 22.1. The molecule has 0 aliphatic heterocycles. The normalized spacial score (nSPS) is 11.5. The van der Waals surface area contributed by atoms with Crippen molar-refractivity contribution in [3.63, 3.8) is 0 Å². The van der Waals surface area contributed by atoms with Gasteiger partial charge in [0.2, 0.25) is 10.0 Å². The molecule has 0 radical (unpaired) electrons. The van der Waals surface area contributed by atoms with Crippen LogP contribution >= 0.6 is 0 Å². The van der Waals surface area contributed by atoms with Gasteiger partial charge >= 0.3 is 0 Å². The molecule has 1 aromatic heterocycles. The first kappa shape index (κ1) is 28.8. The van der Waals surface area contributed by atoms with Gasteiger partial charge in [0.1, 0.15) is 16.4 Å². The van der Waals surface area contributed by atoms with Crippen molar-refractivity contribution in [3.05, 3.63) is 102 Å². The number of aromatic nitrogens is 1. The maximum absolute atomic E-state index is 13.5. The van der Waals surface area contributed by atoms with E-state index in [0.717, 1.165) is 17.2 Å². The second kappa shape index (κ2) is 12.3. The van der Waals surface area contributed by atoms with Crippen molar-refractivity contribution >= 4 is 21.6 Å². The number of aromatic hydroxyl groups is 2. The number of pyridine rings is 1. The van der Waals surface area contributed by atoms with Crippen LogP contribution in [0.2, 0.25) is 0 Å². The van der Waals surface area contributed by atoms with Gasteiger partial charge in [0, 0.05) is 36.6 Å². The highest BCUT2D eigenvalue weighted by Crippen LogP contribution is 2.30. The van der Waals surface area contributed by atoms with Crippen LogP contribution in [0.1, 0.15) is 21.5 Å². The Morgan fingerprint density at radius 1 is 0.950 bits per heavy atom. The molecule has 0 saturated heterocycles. The number of carbonyl (C=O) groups excluding carboxylic acids is 1. The molecule has 0 saturated carbocycles. The number of phenols is 2. The van der Waals surface area contributed by atoms with Crippen molar-refractivity contribution in [3.8, 4) is 22.8 Å². The molecule has 4 rings (SSSR count). The second-order valence-corrected chi connectivity index (χ2v) is 11.4. The first-order valence-corrected chi connectivity index (χ1v) is 14.1. The molecule has 9 nitrogen and oxygen atoms in total. The molecular weight excluding hydrogens is 528 g/mol. The van der Waals surface area contributed by atoms with E-state index in [9.17, 15) is 23.4 Å². The third-order valence-electron chi connectivity index (χ3n) is 6.31. The molecule has 0 atom stereocenters. The van der Waals surface area contributed by atoms with Crippen LogP contribution in [0.4, 0.5) is 5.69 Å². The maximum atomic E-state index is 13.5. The van der Waals surface area contributed by atoms with Gasteiger partial charge in [-0.1, -0.05) is 42.5 Å². The number of benzene rings is 3. The number of sulfonamides is 1. The minimum atomic E-state index is -3.69. The van der Waals surface area contributed by atoms with Gasteiger partial charge in [0.05, 0.1) is 17.8 Å². The quantitative estimate of drug-likeness (QED) is 0.266. The van der Waals surface area contributed by atoms with Gasteiger partial charge in [-0.05, 0) is 62.5 Å². The molecule has 10 heteroatoms. The maximum Gasteiger partial charge on any atom is 0.262 e. The molecule has 0 bridgehead atoms. The third-order valence-corrected chi connectivity index (χ3v) is 7.74. The molecule has 0 fully saturated rings. The fourth-order valence-corrected chi connectivity index (χ4v) is 5.23. The number of nitrogens with one attached hydrogen (secondary N) is 1. The highest BCUT2D eigenvalue weighted by molar-refractivity contribution is 7.89. The molecule has 1 amide bonds. The van der Waals surface area contributed by atoms with Crippen molar-refractivity contribution in [1.29, 1.82) is 0 Å². The summed E-state index contributed by atoms with van der Waals surface area (Å²) < 4.78 is 27.9. The Hall–Kier alpha value is -4.25. The van der Waals surface area contributed by atoms with Crippen molar-refractivity contribution in [2.45, 2.75) is 18.4 Å². The number of nitrogens with zero attached hydrogens (tertiary/aromatic N) is 3. The van der Waals surface area contributed by atoms with Crippen molar-refractivity contribution in [2.75, 3.05) is 32.1 Å². The standard InChI is InChI=1S/C30H32N4O5S/c1-21-17-26(40(38,39)32-15-16-33(2)3)19-31-29(21)23-9-11-24(12-10-23)34(20-22-7-5-4-6-8-22)30(37)27-14-13-25(35)18-28(27)36/h4-14,17-19,32,35-36H,15-16,20H2,1-3H3. The Bertz CT molecular complexity index is 1590. The lowest BCUT2D eigenvalue weighted by atomic mass is 10.1. The van der Waals surface area contributed by atoms with Crippen LogP contribution in [-0.4, -0.2) is 61.6 Å². The van der Waals surface area contributed by atoms with Gasteiger partial charge in [-0.25, -0.2) is 13.1 Å². The van der Waals surface area contributed by atoms with E-state index in [1.165, 1.54) is 18.3 Å². The molecule has 40 heavy (non-hydrogen) atoms. The number of anilines is 1. The summed E-state index contributed by atoms with van der Waals surface area (Å²) in [6.45, 7) is 2.92. The van der Waals surface area contributed by atoms with Crippen LogP contribution < -0.4 is 9.62 Å². The van der Waals surface area contributed by atoms with Crippen molar-refractivity contribution < 1.29 is 23.4 Å². The van der Waals surface area contributed by atoms with E-state index in [-0.39, 0.29) is 35.0 Å². The molecule has 3 aromatic carbocycles. The number of aryl methyl sites for hydroxylation is 1. The zero-order valence-electron chi connectivity index (χ0n) is 22.6. The largest absolute Gasteiger partial charge is 0.508 e. The first-order chi connectivity index (χ1) is 19.0. The van der Waals surface area contributed by atoms with Crippen LogP contribution in [0, 0.1) is 6.92 Å². The Morgan fingerprint density at radius 3 is 2.27 bits per heavy atom. The number of likely N-dealkylation sites (N-methyl/N-ethyl adjacent to an activating group) is 1. The topological polar surface area (TPSA) is 123 Å². The van der Waals surface area contributed by atoms with Gasteiger partial charge in [-0.2, -0.15) is 0 Å².